The van der Waals surface area contributed by atoms with Gasteiger partial charge in [0.2, 0.25) is 0 Å². The molecule has 5 nitrogen and oxygen atoms in total. The molecule has 0 aliphatic rings. The zero-order chi connectivity index (χ0) is 41.6. The van der Waals surface area contributed by atoms with Crippen LogP contribution in [-0.2, 0) is 0 Å². The molecule has 0 fully saturated rings. The molecular weight excluding hydrogens is 799 g/mol. The summed E-state index contributed by atoms with van der Waals surface area (Å²) in [6.45, 7) is 0. The van der Waals surface area contributed by atoms with Crippen molar-refractivity contribution in [2.24, 2.45) is 0 Å². The molecule has 0 aliphatic heterocycles. The van der Waals surface area contributed by atoms with Crippen LogP contribution in [0.3, 0.4) is 0 Å². The predicted octanol–water partition coefficient (Wildman–Crippen LogP) is 15.5. The number of hydrogen-bond donors (Lipinski definition) is 0. The van der Waals surface area contributed by atoms with Crippen LogP contribution in [0.2, 0.25) is 0 Å². The van der Waals surface area contributed by atoms with Crippen molar-refractivity contribution < 1.29 is 0 Å². The van der Waals surface area contributed by atoms with Gasteiger partial charge in [0, 0.05) is 64.4 Å². The molecule has 0 radical (unpaired) electrons. The molecule has 64 heavy (non-hydrogen) atoms. The predicted molar refractivity (Wildman–Crippen MR) is 269 cm³/mol. The van der Waals surface area contributed by atoms with Gasteiger partial charge < -0.3 is 8.97 Å². The minimum atomic E-state index is 0.702. The highest BCUT2D eigenvalue weighted by Gasteiger charge is 2.27. The molecule has 15 aromatic rings. The molecule has 9 aromatic carbocycles. The molecule has 0 amide bonds. The number of benzene rings is 9. The molecule has 0 spiro atoms. The van der Waals surface area contributed by atoms with E-state index < -0.39 is 0 Å². The van der Waals surface area contributed by atoms with Crippen molar-refractivity contribution in [1.29, 1.82) is 0 Å². The van der Waals surface area contributed by atoms with Gasteiger partial charge in [-0.15, -0.1) is 11.3 Å². The largest absolute Gasteiger partial charge is 0.309 e. The maximum absolute atomic E-state index is 5.73. The van der Waals surface area contributed by atoms with Crippen LogP contribution in [0.5, 0.6) is 0 Å². The van der Waals surface area contributed by atoms with Crippen molar-refractivity contribution in [3.63, 3.8) is 0 Å². The Morgan fingerprint density at radius 1 is 0.344 bits per heavy atom. The summed E-state index contributed by atoms with van der Waals surface area (Å²) in [5, 5.41) is 12.1. The van der Waals surface area contributed by atoms with E-state index in [9.17, 15) is 0 Å². The Morgan fingerprint density at radius 3 is 1.73 bits per heavy atom. The number of fused-ring (bicyclic) bond motifs is 16. The summed E-state index contributed by atoms with van der Waals surface area (Å²) in [5.74, 6) is 1.59. The zero-order valence-corrected chi connectivity index (χ0v) is 35.0. The molecule has 0 N–H and O–H groups in total. The van der Waals surface area contributed by atoms with Crippen molar-refractivity contribution >= 4 is 113 Å². The molecule has 6 heteroatoms. The van der Waals surface area contributed by atoms with Crippen molar-refractivity contribution in [1.82, 2.24) is 23.5 Å². The van der Waals surface area contributed by atoms with Crippen molar-refractivity contribution in [3.05, 3.63) is 200 Å². The Hall–Kier alpha value is -8.32. The van der Waals surface area contributed by atoms with Crippen LogP contribution >= 0.6 is 11.3 Å². The van der Waals surface area contributed by atoms with Gasteiger partial charge in [-0.05, 0) is 65.7 Å². The fourth-order valence-electron chi connectivity index (χ4n) is 10.9. The van der Waals surface area contributed by atoms with E-state index in [2.05, 4.69) is 214 Å². The summed E-state index contributed by atoms with van der Waals surface area (Å²) in [7, 11) is 0. The van der Waals surface area contributed by atoms with Crippen LogP contribution < -0.4 is 0 Å². The first-order valence-electron chi connectivity index (χ1n) is 21.7. The Morgan fingerprint density at radius 2 is 0.938 bits per heavy atom. The minimum absolute atomic E-state index is 0.702. The Kier molecular flexibility index (Phi) is 6.77. The third kappa shape index (κ3) is 4.51. The van der Waals surface area contributed by atoms with Gasteiger partial charge in [0.25, 0.3) is 0 Å². The third-order valence-electron chi connectivity index (χ3n) is 13.6. The van der Waals surface area contributed by atoms with Crippen molar-refractivity contribution in [3.8, 4) is 34.0 Å². The summed E-state index contributed by atoms with van der Waals surface area (Å²) in [5.41, 5.74) is 12.7. The quantitative estimate of drug-likeness (QED) is 0.177. The van der Waals surface area contributed by atoms with E-state index in [0.29, 0.717) is 5.82 Å². The van der Waals surface area contributed by atoms with E-state index in [1.807, 2.05) is 0 Å². The number of hydrogen-bond acceptors (Lipinski definition) is 3. The van der Waals surface area contributed by atoms with Gasteiger partial charge in [-0.3, -0.25) is 4.57 Å². The highest BCUT2D eigenvalue weighted by Crippen LogP contribution is 2.48. The number of nitrogens with zero attached hydrogens (tertiary/aromatic N) is 5. The second kappa shape index (κ2) is 12.6. The lowest BCUT2D eigenvalue weighted by Crippen LogP contribution is -2.02. The van der Waals surface area contributed by atoms with Gasteiger partial charge >= 0.3 is 0 Å². The van der Waals surface area contributed by atoms with E-state index in [1.54, 1.807) is 11.3 Å². The fourth-order valence-corrected chi connectivity index (χ4v) is 12.0. The summed E-state index contributed by atoms with van der Waals surface area (Å²) in [6.07, 6.45) is 0. The molecule has 6 heterocycles. The second-order valence-electron chi connectivity index (χ2n) is 16.9. The third-order valence-corrected chi connectivity index (χ3v) is 14.7. The monoisotopic (exact) mass is 831 g/mol. The second-order valence-corrected chi connectivity index (χ2v) is 17.9. The highest BCUT2D eigenvalue weighted by atomic mass is 32.1. The van der Waals surface area contributed by atoms with E-state index in [1.165, 1.54) is 81.0 Å². The van der Waals surface area contributed by atoms with E-state index in [4.69, 9.17) is 9.97 Å². The molecule has 0 saturated heterocycles. The number of aromatic nitrogens is 5. The SMILES string of the molecule is c1ccc(-c2ccc3c4cc5c(c6ccccc6n5-c5nc(-c6ccc7c8ccccc8n(-c8ccccc8)c7c6)nc6sc7ccccc7c56)c5c6ccccc6n(c3c2)c45)cc1. The highest BCUT2D eigenvalue weighted by molar-refractivity contribution is 7.25. The number of para-hydroxylation sites is 4. The molecule has 0 saturated carbocycles. The van der Waals surface area contributed by atoms with Crippen LogP contribution in [0.1, 0.15) is 0 Å². The first kappa shape index (κ1) is 34.3. The van der Waals surface area contributed by atoms with E-state index in [-0.39, 0.29) is 0 Å². The lowest BCUT2D eigenvalue weighted by atomic mass is 10.0. The first-order chi connectivity index (χ1) is 31.8. The van der Waals surface area contributed by atoms with Crippen LogP contribution in [0, 0.1) is 0 Å². The van der Waals surface area contributed by atoms with Gasteiger partial charge in [0.1, 0.15) is 4.83 Å². The van der Waals surface area contributed by atoms with Crippen molar-refractivity contribution in [2.45, 2.75) is 0 Å². The summed E-state index contributed by atoms with van der Waals surface area (Å²) in [4.78, 5) is 12.1. The van der Waals surface area contributed by atoms with Gasteiger partial charge in [0.05, 0.1) is 44.0 Å². The van der Waals surface area contributed by atoms with Crippen LogP contribution in [0.25, 0.3) is 136 Å². The maximum Gasteiger partial charge on any atom is 0.163 e. The summed E-state index contributed by atoms with van der Waals surface area (Å²) < 4.78 is 8.50. The Balaban J connectivity index is 1.07. The standard InChI is InChI=1S/C58H33N5S/c1-3-15-34(16-4-1)35-27-29-40-44-33-50-52(53-42-21-9-12-24-46(42)62(55(44)53)49(40)31-35)41-20-8-13-25-47(41)63(50)57-54-43-22-10-14-26-51(43)64-58(54)60-56(59-57)36-28-30-39-38-19-7-11-23-45(38)61(48(39)32-36)37-17-5-2-6-18-37/h1-33H. The average molecular weight is 832 g/mol. The Labute approximate surface area is 369 Å². The Bertz CT molecular complexity index is 4420. The molecule has 0 atom stereocenters. The topological polar surface area (TPSA) is 40.0 Å². The molecular formula is C58H33N5S. The smallest absolute Gasteiger partial charge is 0.163 e. The van der Waals surface area contributed by atoms with Gasteiger partial charge in [-0.25, -0.2) is 9.97 Å². The summed E-state index contributed by atoms with van der Waals surface area (Å²) >= 11 is 1.74. The van der Waals surface area contributed by atoms with Gasteiger partial charge in [-0.2, -0.15) is 0 Å². The summed E-state index contributed by atoms with van der Waals surface area (Å²) in [6, 6.07) is 72.7. The molecule has 0 bridgehead atoms. The molecule has 0 unspecified atom stereocenters. The van der Waals surface area contributed by atoms with E-state index >= 15 is 0 Å². The van der Waals surface area contributed by atoms with Gasteiger partial charge in [0.15, 0.2) is 11.6 Å². The normalized spacial score (nSPS) is 12.4. The van der Waals surface area contributed by atoms with Crippen LogP contribution in [-0.4, -0.2) is 23.5 Å². The zero-order valence-electron chi connectivity index (χ0n) is 34.2. The molecule has 296 valence electrons. The van der Waals surface area contributed by atoms with Crippen molar-refractivity contribution in [2.75, 3.05) is 0 Å². The average Bonchev–Trinajstić information content (AvgIpc) is 4.15. The lowest BCUT2D eigenvalue weighted by molar-refractivity contribution is 1.08. The maximum atomic E-state index is 5.73. The van der Waals surface area contributed by atoms with Gasteiger partial charge in [-0.1, -0.05) is 146 Å². The molecule has 0 aliphatic carbocycles. The number of rotatable bonds is 4. The molecule has 15 rings (SSSR count). The molecule has 6 aromatic heterocycles. The van der Waals surface area contributed by atoms with Crippen LogP contribution in [0.4, 0.5) is 0 Å². The first-order valence-corrected chi connectivity index (χ1v) is 22.6. The minimum Gasteiger partial charge on any atom is -0.309 e. The number of thiophene rings is 1. The van der Waals surface area contributed by atoms with E-state index in [0.717, 1.165) is 49.2 Å². The fraction of sp³-hybridized carbons (Fsp3) is 0. The lowest BCUT2D eigenvalue weighted by Gasteiger charge is -2.12. The van der Waals surface area contributed by atoms with Crippen LogP contribution in [0.15, 0.2) is 200 Å².